The molecule has 0 spiro atoms. The SMILES string of the molecule is COc1ccc2c(-c3ccccc3)c(C(=O)N3CCN(c4ccccn4)CC3)oc2c1. The van der Waals surface area contributed by atoms with E-state index < -0.39 is 0 Å². The van der Waals surface area contributed by atoms with Crippen LogP contribution in [0.15, 0.2) is 77.3 Å². The number of benzene rings is 2. The van der Waals surface area contributed by atoms with Gasteiger partial charge in [0.1, 0.15) is 17.2 Å². The van der Waals surface area contributed by atoms with Gasteiger partial charge in [-0.3, -0.25) is 4.79 Å². The predicted octanol–water partition coefficient (Wildman–Crippen LogP) is 4.47. The third-order valence-electron chi connectivity index (χ3n) is 5.69. The number of nitrogens with zero attached hydrogens (tertiary/aromatic N) is 3. The lowest BCUT2D eigenvalue weighted by Crippen LogP contribution is -2.49. The van der Waals surface area contributed by atoms with E-state index in [0.717, 1.165) is 35.4 Å². The first-order valence-corrected chi connectivity index (χ1v) is 10.4. The maximum atomic E-state index is 13.5. The van der Waals surface area contributed by atoms with E-state index in [1.54, 1.807) is 13.3 Å². The van der Waals surface area contributed by atoms with Gasteiger partial charge in [0.05, 0.1) is 7.11 Å². The van der Waals surface area contributed by atoms with Gasteiger partial charge in [-0.25, -0.2) is 4.98 Å². The van der Waals surface area contributed by atoms with Gasteiger partial charge in [-0.05, 0) is 29.8 Å². The van der Waals surface area contributed by atoms with Crippen LogP contribution < -0.4 is 9.64 Å². The van der Waals surface area contributed by atoms with Crippen LogP contribution in [0.1, 0.15) is 10.6 Å². The Morgan fingerprint density at radius 1 is 0.968 bits per heavy atom. The molecule has 3 heterocycles. The Bertz CT molecular complexity index is 1200. The fourth-order valence-corrected chi connectivity index (χ4v) is 4.07. The molecular weight excluding hydrogens is 390 g/mol. The highest BCUT2D eigenvalue weighted by Gasteiger charge is 2.29. The highest BCUT2D eigenvalue weighted by atomic mass is 16.5. The first kappa shape index (κ1) is 19.2. The zero-order chi connectivity index (χ0) is 21.2. The predicted molar refractivity (Wildman–Crippen MR) is 121 cm³/mol. The molecule has 6 heteroatoms. The van der Waals surface area contributed by atoms with Gasteiger partial charge in [0.15, 0.2) is 0 Å². The molecule has 31 heavy (non-hydrogen) atoms. The van der Waals surface area contributed by atoms with Gasteiger partial charge in [0, 0.05) is 49.4 Å². The number of methoxy groups -OCH3 is 1. The molecule has 1 amide bonds. The Morgan fingerprint density at radius 2 is 1.74 bits per heavy atom. The smallest absolute Gasteiger partial charge is 0.290 e. The molecule has 0 N–H and O–H groups in total. The van der Waals surface area contributed by atoms with E-state index in [-0.39, 0.29) is 5.91 Å². The molecular formula is C25H23N3O3. The Morgan fingerprint density at radius 3 is 2.45 bits per heavy atom. The Labute approximate surface area is 180 Å². The molecule has 0 saturated carbocycles. The third kappa shape index (κ3) is 3.61. The summed E-state index contributed by atoms with van der Waals surface area (Å²) >= 11 is 0. The van der Waals surface area contributed by atoms with Gasteiger partial charge in [-0.15, -0.1) is 0 Å². The summed E-state index contributed by atoms with van der Waals surface area (Å²) in [5.74, 6) is 1.93. The topological polar surface area (TPSA) is 58.8 Å². The van der Waals surface area contributed by atoms with Crippen LogP contribution in [-0.4, -0.2) is 49.1 Å². The van der Waals surface area contributed by atoms with Crippen LogP contribution in [0.5, 0.6) is 5.75 Å². The molecule has 4 aromatic rings. The second-order valence-electron chi connectivity index (χ2n) is 7.50. The average Bonchev–Trinajstić information content (AvgIpc) is 3.23. The molecule has 0 aliphatic carbocycles. The van der Waals surface area contributed by atoms with Crippen LogP contribution in [0.2, 0.25) is 0 Å². The molecule has 1 aliphatic heterocycles. The van der Waals surface area contributed by atoms with E-state index in [9.17, 15) is 4.79 Å². The Balaban J connectivity index is 1.47. The summed E-state index contributed by atoms with van der Waals surface area (Å²) in [6.07, 6.45) is 1.79. The molecule has 0 bridgehead atoms. The minimum atomic E-state index is -0.0882. The van der Waals surface area contributed by atoms with Crippen LogP contribution in [0.3, 0.4) is 0 Å². The lowest BCUT2D eigenvalue weighted by atomic mass is 10.0. The minimum absolute atomic E-state index is 0.0882. The zero-order valence-electron chi connectivity index (χ0n) is 17.3. The standard InChI is InChI=1S/C25H23N3O3/c1-30-19-10-11-20-21(17-19)31-24(23(20)18-7-3-2-4-8-18)25(29)28-15-13-27(14-16-28)22-9-5-6-12-26-22/h2-12,17H,13-16H2,1H3. The quantitative estimate of drug-likeness (QED) is 0.494. The van der Waals surface area contributed by atoms with Crippen molar-refractivity contribution < 1.29 is 13.9 Å². The summed E-state index contributed by atoms with van der Waals surface area (Å²) < 4.78 is 11.5. The van der Waals surface area contributed by atoms with Crippen LogP contribution in [-0.2, 0) is 0 Å². The lowest BCUT2D eigenvalue weighted by Gasteiger charge is -2.35. The Hall–Kier alpha value is -3.80. The molecule has 5 rings (SSSR count). The summed E-state index contributed by atoms with van der Waals surface area (Å²) in [5, 5.41) is 0.905. The van der Waals surface area contributed by atoms with Crippen molar-refractivity contribution in [2.24, 2.45) is 0 Å². The number of aromatic nitrogens is 1. The summed E-state index contributed by atoms with van der Waals surface area (Å²) in [6.45, 7) is 2.70. The van der Waals surface area contributed by atoms with E-state index in [2.05, 4.69) is 9.88 Å². The van der Waals surface area contributed by atoms with E-state index in [1.165, 1.54) is 0 Å². The van der Waals surface area contributed by atoms with E-state index in [4.69, 9.17) is 9.15 Å². The fourth-order valence-electron chi connectivity index (χ4n) is 4.07. The number of ether oxygens (including phenoxy) is 1. The van der Waals surface area contributed by atoms with Gasteiger partial charge in [-0.1, -0.05) is 36.4 Å². The summed E-state index contributed by atoms with van der Waals surface area (Å²) in [6, 6.07) is 21.5. The number of rotatable bonds is 4. The number of carbonyl (C=O) groups is 1. The Kier molecular flexibility index (Phi) is 5.04. The number of hydrogen-bond donors (Lipinski definition) is 0. The molecule has 0 unspecified atom stereocenters. The highest BCUT2D eigenvalue weighted by Crippen LogP contribution is 2.37. The average molecular weight is 413 g/mol. The maximum absolute atomic E-state index is 13.5. The van der Waals surface area contributed by atoms with Crippen LogP contribution in [0.4, 0.5) is 5.82 Å². The number of amides is 1. The van der Waals surface area contributed by atoms with E-state index in [1.807, 2.05) is 71.6 Å². The number of anilines is 1. The van der Waals surface area contributed by atoms with Crippen molar-refractivity contribution in [2.45, 2.75) is 0 Å². The minimum Gasteiger partial charge on any atom is -0.497 e. The highest BCUT2D eigenvalue weighted by molar-refractivity contribution is 6.08. The second kappa shape index (κ2) is 8.14. The van der Waals surface area contributed by atoms with Gasteiger partial charge in [0.25, 0.3) is 5.91 Å². The van der Waals surface area contributed by atoms with Gasteiger partial charge in [-0.2, -0.15) is 0 Å². The zero-order valence-corrected chi connectivity index (χ0v) is 17.3. The fraction of sp³-hybridized carbons (Fsp3) is 0.200. The number of fused-ring (bicyclic) bond motifs is 1. The number of hydrogen-bond acceptors (Lipinski definition) is 5. The summed E-state index contributed by atoms with van der Waals surface area (Å²) in [7, 11) is 1.62. The first-order chi connectivity index (χ1) is 15.2. The van der Waals surface area contributed by atoms with Crippen molar-refractivity contribution in [3.63, 3.8) is 0 Å². The molecule has 1 aliphatic rings. The van der Waals surface area contributed by atoms with Gasteiger partial charge < -0.3 is 19.0 Å². The maximum Gasteiger partial charge on any atom is 0.290 e. The molecule has 0 radical (unpaired) electrons. The molecule has 1 fully saturated rings. The van der Waals surface area contributed by atoms with Crippen molar-refractivity contribution in [2.75, 3.05) is 38.2 Å². The van der Waals surface area contributed by atoms with Crippen LogP contribution in [0.25, 0.3) is 22.1 Å². The summed E-state index contributed by atoms with van der Waals surface area (Å²) in [4.78, 5) is 22.0. The second-order valence-corrected chi connectivity index (χ2v) is 7.50. The number of pyridine rings is 1. The van der Waals surface area contributed by atoms with Crippen molar-refractivity contribution >= 4 is 22.7 Å². The molecule has 2 aromatic carbocycles. The van der Waals surface area contributed by atoms with E-state index in [0.29, 0.717) is 30.2 Å². The molecule has 1 saturated heterocycles. The van der Waals surface area contributed by atoms with Crippen LogP contribution in [0, 0.1) is 0 Å². The number of carbonyl (C=O) groups excluding carboxylic acids is 1. The third-order valence-corrected chi connectivity index (χ3v) is 5.69. The van der Waals surface area contributed by atoms with Crippen molar-refractivity contribution in [1.82, 2.24) is 9.88 Å². The molecule has 156 valence electrons. The first-order valence-electron chi connectivity index (χ1n) is 10.4. The van der Waals surface area contributed by atoms with Crippen molar-refractivity contribution in [3.8, 4) is 16.9 Å². The largest absolute Gasteiger partial charge is 0.497 e. The van der Waals surface area contributed by atoms with Gasteiger partial charge in [0.2, 0.25) is 5.76 Å². The molecule has 0 atom stereocenters. The van der Waals surface area contributed by atoms with Gasteiger partial charge >= 0.3 is 0 Å². The molecule has 6 nitrogen and oxygen atoms in total. The normalized spacial score (nSPS) is 14.1. The monoisotopic (exact) mass is 413 g/mol. The summed E-state index contributed by atoms with van der Waals surface area (Å²) in [5.41, 5.74) is 2.44. The lowest BCUT2D eigenvalue weighted by molar-refractivity contribution is 0.0718. The number of piperazine rings is 1. The van der Waals surface area contributed by atoms with E-state index >= 15 is 0 Å². The van der Waals surface area contributed by atoms with Crippen molar-refractivity contribution in [1.29, 1.82) is 0 Å². The number of furan rings is 1. The molecule has 2 aromatic heterocycles. The van der Waals surface area contributed by atoms with Crippen molar-refractivity contribution in [3.05, 3.63) is 78.7 Å². The van der Waals surface area contributed by atoms with Crippen LogP contribution >= 0.6 is 0 Å².